The second-order valence-electron chi connectivity index (χ2n) is 11.5. The molecule has 4 aromatic rings. The number of amides is 2. The van der Waals surface area contributed by atoms with Crippen molar-refractivity contribution in [2.45, 2.75) is 23.9 Å². The number of hydrogen-bond acceptors (Lipinski definition) is 7. The van der Waals surface area contributed by atoms with Crippen molar-refractivity contribution in [3.05, 3.63) is 126 Å². The third kappa shape index (κ3) is 10.6. The molecule has 1 aliphatic rings. The molecule has 2 amide bonds. The average Bonchev–Trinajstić information content (AvgIpc) is 3.11. The Morgan fingerprint density at radius 1 is 0.837 bits per heavy atom. The maximum atomic E-state index is 13.9. The molecule has 2 N–H and O–H groups in total. The lowest BCUT2D eigenvalue weighted by atomic mass is 10.0. The van der Waals surface area contributed by atoms with E-state index in [4.69, 9.17) is 9.47 Å². The van der Waals surface area contributed by atoms with Crippen molar-refractivity contribution >= 4 is 27.5 Å². The molecule has 0 saturated carbocycles. The van der Waals surface area contributed by atoms with Crippen LogP contribution in [0.4, 0.5) is 14.5 Å². The fourth-order valence-corrected chi connectivity index (χ4v) is 6.35. The molecule has 0 radical (unpaired) electrons. The summed E-state index contributed by atoms with van der Waals surface area (Å²) in [6.45, 7) is 3.39. The van der Waals surface area contributed by atoms with Gasteiger partial charge in [0, 0.05) is 44.8 Å². The lowest BCUT2D eigenvalue weighted by Crippen LogP contribution is -2.52. The predicted octanol–water partition coefficient (Wildman–Crippen LogP) is 4.23. The Morgan fingerprint density at radius 2 is 1.47 bits per heavy atom. The van der Waals surface area contributed by atoms with E-state index in [0.29, 0.717) is 31.9 Å². The van der Waals surface area contributed by atoms with Crippen LogP contribution in [-0.4, -0.2) is 82.1 Å². The number of sulfonamides is 1. The van der Waals surface area contributed by atoms with Gasteiger partial charge in [-0.1, -0.05) is 42.5 Å². The number of hydrogen-bond donors (Lipinski definition) is 2. The maximum Gasteiger partial charge on any atom is 0.261 e. The van der Waals surface area contributed by atoms with Gasteiger partial charge >= 0.3 is 0 Å². The van der Waals surface area contributed by atoms with Crippen LogP contribution in [0.3, 0.4) is 0 Å². The Labute approximate surface area is 284 Å². The Hall–Kier alpha value is -4.85. The minimum atomic E-state index is -3.97. The van der Waals surface area contributed by atoms with E-state index < -0.39 is 40.2 Å². The van der Waals surface area contributed by atoms with Crippen LogP contribution in [0.25, 0.3) is 0 Å². The number of anilines is 1. The van der Waals surface area contributed by atoms with Crippen molar-refractivity contribution in [1.82, 2.24) is 15.1 Å². The first-order chi connectivity index (χ1) is 23.7. The van der Waals surface area contributed by atoms with E-state index in [1.807, 2.05) is 30.3 Å². The van der Waals surface area contributed by atoms with Crippen LogP contribution in [-0.2, 0) is 37.3 Å². The molecule has 49 heavy (non-hydrogen) atoms. The quantitative estimate of drug-likeness (QED) is 0.192. The molecule has 258 valence electrons. The van der Waals surface area contributed by atoms with Gasteiger partial charge in [-0.05, 0) is 71.8 Å². The molecule has 0 spiro atoms. The van der Waals surface area contributed by atoms with Crippen molar-refractivity contribution in [2.75, 3.05) is 50.7 Å². The number of nitrogens with zero attached hydrogens (tertiary/aromatic N) is 2. The molecule has 1 saturated heterocycles. The minimum absolute atomic E-state index is 0.0170. The smallest absolute Gasteiger partial charge is 0.261 e. The molecule has 5 rings (SSSR count). The number of benzene rings is 4. The van der Waals surface area contributed by atoms with Gasteiger partial charge in [-0.3, -0.25) is 19.2 Å². The van der Waals surface area contributed by atoms with Gasteiger partial charge in [0.2, 0.25) is 5.91 Å². The van der Waals surface area contributed by atoms with Gasteiger partial charge in [0.25, 0.3) is 15.9 Å². The second-order valence-corrected chi connectivity index (χ2v) is 13.2. The topological polar surface area (TPSA) is 117 Å². The van der Waals surface area contributed by atoms with E-state index in [2.05, 4.69) is 14.9 Å². The Bertz CT molecular complexity index is 1770. The molecule has 0 aromatic heterocycles. The van der Waals surface area contributed by atoms with Crippen LogP contribution in [0, 0.1) is 11.6 Å². The van der Waals surface area contributed by atoms with E-state index in [-0.39, 0.29) is 35.2 Å². The molecular formula is C36H38F2N4O6S. The van der Waals surface area contributed by atoms with Crippen molar-refractivity contribution in [1.29, 1.82) is 0 Å². The summed E-state index contributed by atoms with van der Waals surface area (Å²) >= 11 is 0. The highest BCUT2D eigenvalue weighted by atomic mass is 32.2. The molecule has 10 nitrogen and oxygen atoms in total. The lowest BCUT2D eigenvalue weighted by Gasteiger charge is -2.32. The second kappa shape index (κ2) is 17.0. The molecule has 4 aromatic carbocycles. The zero-order valence-corrected chi connectivity index (χ0v) is 27.6. The third-order valence-electron chi connectivity index (χ3n) is 7.96. The normalized spacial score (nSPS) is 14.1. The van der Waals surface area contributed by atoms with Crippen molar-refractivity contribution in [3.8, 4) is 5.75 Å². The molecule has 0 bridgehead atoms. The van der Waals surface area contributed by atoms with Gasteiger partial charge in [0.05, 0.1) is 18.1 Å². The predicted molar refractivity (Wildman–Crippen MR) is 180 cm³/mol. The summed E-state index contributed by atoms with van der Waals surface area (Å²) in [6, 6.07) is 24.5. The molecule has 1 aliphatic heterocycles. The summed E-state index contributed by atoms with van der Waals surface area (Å²) < 4.78 is 66.2. The van der Waals surface area contributed by atoms with Gasteiger partial charge in [-0.2, -0.15) is 0 Å². The highest BCUT2D eigenvalue weighted by Crippen LogP contribution is 2.21. The summed E-state index contributed by atoms with van der Waals surface area (Å²) in [5.74, 6) is -1.53. The Balaban J connectivity index is 1.31. The van der Waals surface area contributed by atoms with E-state index in [1.165, 1.54) is 53.4 Å². The fourth-order valence-electron chi connectivity index (χ4n) is 5.30. The van der Waals surface area contributed by atoms with Crippen molar-refractivity contribution in [3.63, 3.8) is 0 Å². The number of morpholine rings is 1. The summed E-state index contributed by atoms with van der Waals surface area (Å²) in [5.41, 5.74) is 1.67. The molecule has 13 heteroatoms. The van der Waals surface area contributed by atoms with Crippen LogP contribution >= 0.6 is 0 Å². The minimum Gasteiger partial charge on any atom is -0.484 e. The number of carbonyl (C=O) groups is 2. The number of nitrogens with one attached hydrogen (secondary N) is 2. The zero-order chi connectivity index (χ0) is 34.6. The van der Waals surface area contributed by atoms with Crippen molar-refractivity contribution < 1.29 is 36.3 Å². The summed E-state index contributed by atoms with van der Waals surface area (Å²) in [5, 5.41) is 3.00. The molecule has 1 fully saturated rings. The number of ether oxygens (including phenoxy) is 2. The van der Waals surface area contributed by atoms with Gasteiger partial charge in [0.1, 0.15) is 23.4 Å². The first kappa shape index (κ1) is 35.5. The summed E-state index contributed by atoms with van der Waals surface area (Å²) in [4.78, 5) is 31.2. The van der Waals surface area contributed by atoms with Crippen LogP contribution in [0.2, 0.25) is 0 Å². The largest absolute Gasteiger partial charge is 0.484 e. The van der Waals surface area contributed by atoms with E-state index in [9.17, 15) is 26.8 Å². The van der Waals surface area contributed by atoms with Gasteiger partial charge in [-0.25, -0.2) is 17.2 Å². The van der Waals surface area contributed by atoms with Gasteiger partial charge in [-0.15, -0.1) is 0 Å². The average molecular weight is 693 g/mol. The van der Waals surface area contributed by atoms with E-state index in [1.54, 1.807) is 12.1 Å². The number of carbonyl (C=O) groups excluding carboxylic acids is 2. The van der Waals surface area contributed by atoms with E-state index in [0.717, 1.165) is 30.8 Å². The summed E-state index contributed by atoms with van der Waals surface area (Å²) in [7, 11) is -3.97. The lowest BCUT2D eigenvalue weighted by molar-refractivity contribution is -0.142. The first-order valence-corrected chi connectivity index (χ1v) is 17.3. The highest BCUT2D eigenvalue weighted by Gasteiger charge is 2.31. The SMILES string of the molecule is O=C(NCCN1CCOCC1)C(Cc1ccccc1)N(Cc1ccc(F)cc1)C(=O)COc1ccc(S(=O)(=O)Nc2ccc(F)cc2)cc1. The van der Waals surface area contributed by atoms with Gasteiger partial charge < -0.3 is 19.7 Å². The monoisotopic (exact) mass is 692 g/mol. The first-order valence-electron chi connectivity index (χ1n) is 15.8. The molecule has 1 unspecified atom stereocenters. The fraction of sp³-hybridized carbons (Fsp3) is 0.278. The standard InChI is InChI=1S/C36H38F2N4O6S/c37-29-8-6-28(7-9-29)25-42(34(24-27-4-2-1-3-5-27)36(44)39-18-19-41-20-22-47-23-21-41)35(43)26-48-32-14-16-33(17-15-32)49(45,46)40-31-12-10-30(38)11-13-31/h1-17,34,40H,18-26H2,(H,39,44). The molecule has 1 atom stereocenters. The zero-order valence-electron chi connectivity index (χ0n) is 26.8. The van der Waals surface area contributed by atoms with Crippen LogP contribution in [0.1, 0.15) is 11.1 Å². The Morgan fingerprint density at radius 3 is 2.12 bits per heavy atom. The number of rotatable bonds is 15. The molecular weight excluding hydrogens is 654 g/mol. The third-order valence-corrected chi connectivity index (χ3v) is 9.36. The molecule has 0 aliphatic carbocycles. The Kier molecular flexibility index (Phi) is 12.3. The highest BCUT2D eigenvalue weighted by molar-refractivity contribution is 7.92. The van der Waals surface area contributed by atoms with Crippen LogP contribution < -0.4 is 14.8 Å². The van der Waals surface area contributed by atoms with Crippen LogP contribution in [0.15, 0.2) is 108 Å². The van der Waals surface area contributed by atoms with Gasteiger partial charge in [0.15, 0.2) is 6.61 Å². The number of halogens is 2. The molecule has 1 heterocycles. The maximum absolute atomic E-state index is 13.9. The van der Waals surface area contributed by atoms with Crippen molar-refractivity contribution in [2.24, 2.45) is 0 Å². The van der Waals surface area contributed by atoms with E-state index >= 15 is 0 Å². The summed E-state index contributed by atoms with van der Waals surface area (Å²) in [6.07, 6.45) is 0.227. The van der Waals surface area contributed by atoms with Crippen LogP contribution in [0.5, 0.6) is 5.75 Å².